The molecule has 3 rings (SSSR count). The van der Waals surface area contributed by atoms with Gasteiger partial charge in [0.1, 0.15) is 11.9 Å². The molecule has 0 spiro atoms. The monoisotopic (exact) mass is 461 g/mol. The molecule has 1 heterocycles. The van der Waals surface area contributed by atoms with Gasteiger partial charge in [0.2, 0.25) is 5.91 Å². The van der Waals surface area contributed by atoms with Gasteiger partial charge >= 0.3 is 0 Å². The van der Waals surface area contributed by atoms with E-state index in [-0.39, 0.29) is 41.9 Å². The lowest BCUT2D eigenvalue weighted by molar-refractivity contribution is -0.134. The molecule has 0 saturated heterocycles. The van der Waals surface area contributed by atoms with Gasteiger partial charge in [-0.05, 0) is 44.3 Å². The van der Waals surface area contributed by atoms with Gasteiger partial charge in [0.15, 0.2) is 0 Å². The zero-order valence-corrected chi connectivity index (χ0v) is 19.4. The molecule has 8 nitrogen and oxygen atoms in total. The standard InChI is InChI=1S/C23H31N3O5S/c1-16-14-26(17(2)15-27)23(28)12-18-11-19(9-10-21(18)31-22(16)13-24-3)25-32(29,30)20-7-5-4-6-8-20/h4-11,16-17,22,24-25,27H,12-15H2,1-3H3/t16-,17+,22-/m0/s1. The summed E-state index contributed by atoms with van der Waals surface area (Å²) in [6.45, 7) is 4.72. The number of sulfonamides is 1. The van der Waals surface area contributed by atoms with Gasteiger partial charge in [0.25, 0.3) is 10.0 Å². The molecule has 2 aromatic carbocycles. The number of fused-ring (bicyclic) bond motifs is 1. The Kier molecular flexibility index (Phi) is 7.76. The van der Waals surface area contributed by atoms with E-state index in [1.54, 1.807) is 41.3 Å². The molecule has 1 aliphatic heterocycles. The number of likely N-dealkylation sites (N-methyl/N-ethyl adjacent to an activating group) is 1. The van der Waals surface area contributed by atoms with Gasteiger partial charge in [-0.1, -0.05) is 25.1 Å². The van der Waals surface area contributed by atoms with E-state index in [0.717, 1.165) is 0 Å². The quantitative estimate of drug-likeness (QED) is 0.581. The molecule has 0 unspecified atom stereocenters. The number of hydrogen-bond acceptors (Lipinski definition) is 6. The Morgan fingerprint density at radius 2 is 1.94 bits per heavy atom. The van der Waals surface area contributed by atoms with E-state index in [4.69, 9.17) is 4.74 Å². The summed E-state index contributed by atoms with van der Waals surface area (Å²) >= 11 is 0. The Morgan fingerprint density at radius 1 is 1.22 bits per heavy atom. The van der Waals surface area contributed by atoms with Crippen molar-refractivity contribution in [2.75, 3.05) is 31.5 Å². The maximum Gasteiger partial charge on any atom is 0.261 e. The van der Waals surface area contributed by atoms with Crippen molar-refractivity contribution in [3.63, 3.8) is 0 Å². The number of anilines is 1. The van der Waals surface area contributed by atoms with E-state index in [9.17, 15) is 18.3 Å². The number of carbonyl (C=O) groups excluding carboxylic acids is 1. The molecule has 1 amide bonds. The minimum absolute atomic E-state index is 0.0163. The number of amides is 1. The predicted molar refractivity (Wildman–Crippen MR) is 123 cm³/mol. The molecule has 3 N–H and O–H groups in total. The summed E-state index contributed by atoms with van der Waals surface area (Å²) in [6, 6.07) is 12.7. The first-order valence-corrected chi connectivity index (χ1v) is 12.2. The van der Waals surface area contributed by atoms with Gasteiger partial charge in [-0.2, -0.15) is 0 Å². The Morgan fingerprint density at radius 3 is 2.59 bits per heavy atom. The van der Waals surface area contributed by atoms with Crippen molar-refractivity contribution < 1.29 is 23.1 Å². The maximum atomic E-state index is 13.1. The molecule has 1 aliphatic rings. The van der Waals surface area contributed by atoms with Crippen LogP contribution in [0, 0.1) is 5.92 Å². The second-order valence-electron chi connectivity index (χ2n) is 8.19. The summed E-state index contributed by atoms with van der Waals surface area (Å²) in [5, 5.41) is 12.8. The van der Waals surface area contributed by atoms with Crippen LogP contribution in [0.3, 0.4) is 0 Å². The third kappa shape index (κ3) is 5.59. The Hall–Kier alpha value is -2.62. The normalized spacial score (nSPS) is 20.4. The number of nitrogens with zero attached hydrogens (tertiary/aromatic N) is 1. The van der Waals surface area contributed by atoms with E-state index >= 15 is 0 Å². The van der Waals surface area contributed by atoms with Crippen molar-refractivity contribution in [1.29, 1.82) is 0 Å². The van der Waals surface area contributed by atoms with Crippen LogP contribution >= 0.6 is 0 Å². The number of ether oxygens (including phenoxy) is 1. The molecule has 2 aromatic rings. The zero-order chi connectivity index (χ0) is 23.3. The largest absolute Gasteiger partial charge is 0.488 e. The predicted octanol–water partition coefficient (Wildman–Crippen LogP) is 1.86. The van der Waals surface area contributed by atoms with Gasteiger partial charge in [-0.25, -0.2) is 8.42 Å². The first-order valence-electron chi connectivity index (χ1n) is 10.7. The average molecular weight is 462 g/mol. The van der Waals surface area contributed by atoms with E-state index in [0.29, 0.717) is 30.1 Å². The van der Waals surface area contributed by atoms with E-state index in [1.807, 2.05) is 20.9 Å². The molecule has 0 saturated carbocycles. The summed E-state index contributed by atoms with van der Waals surface area (Å²) in [4.78, 5) is 14.9. The first kappa shape index (κ1) is 24.0. The van der Waals surface area contributed by atoms with E-state index in [1.165, 1.54) is 12.1 Å². The molecule has 0 radical (unpaired) electrons. The van der Waals surface area contributed by atoms with Crippen LogP contribution in [0.25, 0.3) is 0 Å². The van der Waals surface area contributed by atoms with Gasteiger partial charge in [0.05, 0.1) is 24.0 Å². The van der Waals surface area contributed by atoms with Crippen molar-refractivity contribution in [3.8, 4) is 5.75 Å². The molecule has 174 valence electrons. The fourth-order valence-corrected chi connectivity index (χ4v) is 4.82. The lowest BCUT2D eigenvalue weighted by atomic mass is 10.0. The number of hydrogen-bond donors (Lipinski definition) is 3. The Labute approximate surface area is 189 Å². The van der Waals surface area contributed by atoms with Crippen molar-refractivity contribution in [1.82, 2.24) is 10.2 Å². The van der Waals surface area contributed by atoms with Crippen LogP contribution in [0.1, 0.15) is 19.4 Å². The van der Waals surface area contributed by atoms with Crippen LogP contribution in [0.15, 0.2) is 53.4 Å². The highest BCUT2D eigenvalue weighted by Gasteiger charge is 2.30. The highest BCUT2D eigenvalue weighted by molar-refractivity contribution is 7.92. The smallest absolute Gasteiger partial charge is 0.261 e. The van der Waals surface area contributed by atoms with Gasteiger partial charge in [-0.15, -0.1) is 0 Å². The summed E-state index contributed by atoms with van der Waals surface area (Å²) in [7, 11) is -1.92. The molecule has 0 bridgehead atoms. The summed E-state index contributed by atoms with van der Waals surface area (Å²) in [5.41, 5.74) is 0.942. The van der Waals surface area contributed by atoms with Crippen molar-refractivity contribution in [2.45, 2.75) is 37.3 Å². The van der Waals surface area contributed by atoms with Crippen LogP contribution in [0.5, 0.6) is 5.75 Å². The average Bonchev–Trinajstić information content (AvgIpc) is 2.82. The third-order valence-corrected chi connectivity index (χ3v) is 7.02. The van der Waals surface area contributed by atoms with Gasteiger partial charge in [-0.3, -0.25) is 9.52 Å². The maximum absolute atomic E-state index is 13.1. The summed E-state index contributed by atoms with van der Waals surface area (Å²) in [5.74, 6) is 0.422. The highest BCUT2D eigenvalue weighted by Crippen LogP contribution is 2.29. The van der Waals surface area contributed by atoms with Crippen molar-refractivity contribution in [2.24, 2.45) is 5.92 Å². The summed E-state index contributed by atoms with van der Waals surface area (Å²) in [6.07, 6.45) is -0.163. The van der Waals surface area contributed by atoms with Crippen LogP contribution in [0.4, 0.5) is 5.69 Å². The van der Waals surface area contributed by atoms with Crippen LogP contribution in [-0.4, -0.2) is 63.2 Å². The molecule has 3 atom stereocenters. The Balaban J connectivity index is 1.96. The minimum atomic E-state index is -3.76. The highest BCUT2D eigenvalue weighted by atomic mass is 32.2. The number of carbonyl (C=O) groups is 1. The molecule has 0 fully saturated rings. The molecular formula is C23H31N3O5S. The van der Waals surface area contributed by atoms with Gasteiger partial charge in [0, 0.05) is 30.3 Å². The molecular weight excluding hydrogens is 430 g/mol. The fraction of sp³-hybridized carbons (Fsp3) is 0.435. The number of nitrogens with one attached hydrogen (secondary N) is 2. The molecule has 0 aliphatic carbocycles. The van der Waals surface area contributed by atoms with Gasteiger partial charge < -0.3 is 20.1 Å². The van der Waals surface area contributed by atoms with Crippen LogP contribution < -0.4 is 14.8 Å². The third-order valence-electron chi connectivity index (χ3n) is 5.63. The lowest BCUT2D eigenvalue weighted by Gasteiger charge is -2.32. The van der Waals surface area contributed by atoms with Crippen LogP contribution in [0.2, 0.25) is 0 Å². The molecule has 32 heavy (non-hydrogen) atoms. The van der Waals surface area contributed by atoms with Crippen molar-refractivity contribution >= 4 is 21.6 Å². The zero-order valence-electron chi connectivity index (χ0n) is 18.6. The first-order chi connectivity index (χ1) is 15.2. The minimum Gasteiger partial charge on any atom is -0.488 e. The van der Waals surface area contributed by atoms with E-state index < -0.39 is 10.0 Å². The Bertz CT molecular complexity index is 1030. The fourth-order valence-electron chi connectivity index (χ4n) is 3.75. The molecule has 0 aromatic heterocycles. The number of benzene rings is 2. The van der Waals surface area contributed by atoms with Crippen LogP contribution in [-0.2, 0) is 21.2 Å². The summed E-state index contributed by atoms with van der Waals surface area (Å²) < 4.78 is 34.3. The molecule has 9 heteroatoms. The lowest BCUT2D eigenvalue weighted by Crippen LogP contribution is -2.47. The SMILES string of the molecule is CNC[C@@H]1Oc2ccc(NS(=O)(=O)c3ccccc3)cc2CC(=O)N([C@H](C)CO)C[C@@H]1C. The van der Waals surface area contributed by atoms with E-state index in [2.05, 4.69) is 10.0 Å². The number of aliphatic hydroxyl groups is 1. The number of rotatable bonds is 7. The topological polar surface area (TPSA) is 108 Å². The number of aliphatic hydroxyl groups excluding tert-OH is 1. The second-order valence-corrected chi connectivity index (χ2v) is 9.87. The second kappa shape index (κ2) is 10.3. The van der Waals surface area contributed by atoms with Crippen molar-refractivity contribution in [3.05, 3.63) is 54.1 Å².